The number of benzene rings is 2. The van der Waals surface area contributed by atoms with E-state index in [1.165, 1.54) is 13.0 Å². The van der Waals surface area contributed by atoms with E-state index in [1.807, 2.05) is 0 Å². The summed E-state index contributed by atoms with van der Waals surface area (Å²) in [7, 11) is 0. The number of ether oxygens (including phenoxy) is 3. The van der Waals surface area contributed by atoms with Gasteiger partial charge < -0.3 is 60.2 Å². The number of aromatic hydroxyl groups is 1. The monoisotopic (exact) mass is 552 g/mol. The minimum atomic E-state index is -1.95. The highest BCUT2D eigenvalue weighted by Gasteiger charge is 2.53. The van der Waals surface area contributed by atoms with E-state index in [9.17, 15) is 46.0 Å². The third-order valence-electron chi connectivity index (χ3n) is 7.46. The van der Waals surface area contributed by atoms with E-state index in [0.29, 0.717) is 11.3 Å². The number of phenolic OH excluding ortho intramolecular Hbond substituents is 1. The predicted molar refractivity (Wildman–Crippen MR) is 135 cm³/mol. The second kappa shape index (κ2) is 12.0. The molecular weight excluding hydrogens is 516 g/mol. The zero-order valence-corrected chi connectivity index (χ0v) is 21.3. The van der Waals surface area contributed by atoms with E-state index in [4.69, 9.17) is 14.2 Å². The molecule has 2 fully saturated rings. The first-order chi connectivity index (χ1) is 18.5. The van der Waals surface area contributed by atoms with Crippen molar-refractivity contribution in [2.24, 2.45) is 0 Å². The third kappa shape index (κ3) is 6.05. The van der Waals surface area contributed by atoms with Crippen molar-refractivity contribution in [2.75, 3.05) is 13.2 Å². The Bertz CT molecular complexity index is 1090. The number of hydrogen-bond acceptors (Lipinski definition) is 12. The molecule has 0 radical (unpaired) electrons. The number of rotatable bonds is 8. The fraction of sp³-hybridized carbons (Fsp3) is 0.556. The van der Waals surface area contributed by atoms with Crippen molar-refractivity contribution >= 4 is 0 Å². The highest BCUT2D eigenvalue weighted by molar-refractivity contribution is 5.66. The van der Waals surface area contributed by atoms with Crippen LogP contribution in [0.3, 0.4) is 0 Å². The molecule has 216 valence electrons. The van der Waals surface area contributed by atoms with E-state index < -0.39 is 73.9 Å². The van der Waals surface area contributed by atoms with Crippen molar-refractivity contribution in [1.29, 1.82) is 0 Å². The Hall–Kier alpha value is -2.36. The highest BCUT2D eigenvalue weighted by Crippen LogP contribution is 2.34. The van der Waals surface area contributed by atoms with Crippen LogP contribution in [0.25, 0.3) is 11.1 Å². The molecule has 0 saturated carbocycles. The number of hydrogen-bond donors (Lipinski definition) is 9. The zero-order chi connectivity index (χ0) is 28.5. The van der Waals surface area contributed by atoms with E-state index in [1.54, 1.807) is 36.4 Å². The van der Waals surface area contributed by atoms with Crippen LogP contribution in [-0.4, -0.2) is 120 Å². The molecule has 2 aromatic carbocycles. The lowest BCUT2D eigenvalue weighted by atomic mass is 9.88. The molecule has 12 heteroatoms. The van der Waals surface area contributed by atoms with Gasteiger partial charge >= 0.3 is 0 Å². The molecule has 0 aromatic heterocycles. The molecule has 0 amide bonds. The largest absolute Gasteiger partial charge is 0.508 e. The van der Waals surface area contributed by atoms with Gasteiger partial charge in [0.05, 0.1) is 19.3 Å². The quantitative estimate of drug-likeness (QED) is 0.181. The van der Waals surface area contributed by atoms with Crippen molar-refractivity contribution in [1.82, 2.24) is 0 Å². The van der Waals surface area contributed by atoms with Gasteiger partial charge in [0.1, 0.15) is 54.2 Å². The summed E-state index contributed by atoms with van der Waals surface area (Å²) >= 11 is 0. The molecule has 2 aliphatic heterocycles. The highest BCUT2D eigenvalue weighted by atomic mass is 16.7. The maximum atomic E-state index is 10.6. The molecule has 0 aliphatic carbocycles. The van der Waals surface area contributed by atoms with Crippen LogP contribution in [0.15, 0.2) is 42.5 Å². The summed E-state index contributed by atoms with van der Waals surface area (Å²) in [5.41, 5.74) is 0.120. The zero-order valence-electron chi connectivity index (χ0n) is 21.3. The van der Waals surface area contributed by atoms with E-state index in [-0.39, 0.29) is 18.6 Å². The average Bonchev–Trinajstić information content (AvgIpc) is 2.93. The van der Waals surface area contributed by atoms with Gasteiger partial charge in [0, 0.05) is 0 Å². The maximum absolute atomic E-state index is 10.6. The molecule has 4 rings (SSSR count). The van der Waals surface area contributed by atoms with Crippen LogP contribution in [0.2, 0.25) is 0 Å². The van der Waals surface area contributed by atoms with Crippen molar-refractivity contribution in [2.45, 2.75) is 80.5 Å². The molecule has 2 saturated heterocycles. The molecule has 0 bridgehead atoms. The molecule has 2 heterocycles. The summed E-state index contributed by atoms with van der Waals surface area (Å²) in [6.45, 7) is 0.166. The SMILES string of the molecule is C[C@@]1(O)[C@@H](Oc2ccc(-c3ccc(O)c(CC[C@@H]4O[C@H](CO)[C@@H](O)[C@H](O)[C@@H]4O)c3)cc2)O[C@H](CO)[C@@H](O)[C@@H]1O. The second-order valence-electron chi connectivity index (χ2n) is 10.2. The van der Waals surface area contributed by atoms with Crippen LogP contribution >= 0.6 is 0 Å². The topological polar surface area (TPSA) is 210 Å². The lowest BCUT2D eigenvalue weighted by Gasteiger charge is -2.45. The summed E-state index contributed by atoms with van der Waals surface area (Å²) in [6.07, 6.45) is -11.2. The maximum Gasteiger partial charge on any atom is 0.231 e. The molecular formula is C27H36O12. The lowest BCUT2D eigenvalue weighted by molar-refractivity contribution is -0.314. The Morgan fingerprint density at radius 3 is 2.00 bits per heavy atom. The van der Waals surface area contributed by atoms with Gasteiger partial charge in [-0.05, 0) is 60.7 Å². The second-order valence-corrected chi connectivity index (χ2v) is 10.2. The van der Waals surface area contributed by atoms with Crippen molar-refractivity contribution in [3.8, 4) is 22.6 Å². The summed E-state index contributed by atoms with van der Waals surface area (Å²) < 4.78 is 16.7. The first-order valence-corrected chi connectivity index (χ1v) is 12.7. The van der Waals surface area contributed by atoms with Crippen LogP contribution < -0.4 is 4.74 Å². The van der Waals surface area contributed by atoms with Crippen LogP contribution in [0.5, 0.6) is 11.5 Å². The van der Waals surface area contributed by atoms with Crippen LogP contribution in [0.1, 0.15) is 18.9 Å². The summed E-state index contributed by atoms with van der Waals surface area (Å²) in [6, 6.07) is 11.7. The Morgan fingerprint density at radius 2 is 1.36 bits per heavy atom. The van der Waals surface area contributed by atoms with Crippen molar-refractivity contribution in [3.63, 3.8) is 0 Å². The Morgan fingerprint density at radius 1 is 0.769 bits per heavy atom. The van der Waals surface area contributed by atoms with Crippen LogP contribution in [-0.2, 0) is 15.9 Å². The summed E-state index contributed by atoms with van der Waals surface area (Å²) in [4.78, 5) is 0. The normalized spacial score (nSPS) is 37.0. The van der Waals surface area contributed by atoms with E-state index >= 15 is 0 Å². The third-order valence-corrected chi connectivity index (χ3v) is 7.46. The smallest absolute Gasteiger partial charge is 0.231 e. The first-order valence-electron chi connectivity index (χ1n) is 12.7. The van der Waals surface area contributed by atoms with Gasteiger partial charge in [-0.3, -0.25) is 0 Å². The standard InChI is InChI=1S/C27H36O12/c1-27(36)25(35)23(33)20(12-29)39-26(27)37-16-6-2-13(3-7-16)14-4-8-17(30)15(10-14)5-9-18-21(31)24(34)22(32)19(11-28)38-18/h2-4,6-8,10,18-26,28-36H,5,9,11-12H2,1H3/t18-,19+,20+,21+,22+,23+,24+,25-,26-,27-/m0/s1. The van der Waals surface area contributed by atoms with Crippen LogP contribution in [0.4, 0.5) is 0 Å². The van der Waals surface area contributed by atoms with Gasteiger partial charge in [-0.15, -0.1) is 0 Å². The molecule has 0 unspecified atom stereocenters. The number of aliphatic hydroxyl groups excluding tert-OH is 7. The minimum absolute atomic E-state index is 0.0270. The van der Waals surface area contributed by atoms with E-state index in [2.05, 4.69) is 0 Å². The van der Waals surface area contributed by atoms with Gasteiger partial charge in [0.25, 0.3) is 0 Å². The molecule has 2 aromatic rings. The molecule has 12 nitrogen and oxygen atoms in total. The Balaban J connectivity index is 1.44. The summed E-state index contributed by atoms with van der Waals surface area (Å²) in [5.74, 6) is 0.324. The fourth-order valence-electron chi connectivity index (χ4n) is 4.89. The number of aliphatic hydroxyl groups is 8. The minimum Gasteiger partial charge on any atom is -0.508 e. The lowest BCUT2D eigenvalue weighted by Crippen LogP contribution is -2.66. The average molecular weight is 553 g/mol. The molecule has 2 aliphatic rings. The van der Waals surface area contributed by atoms with Crippen molar-refractivity contribution in [3.05, 3.63) is 48.0 Å². The predicted octanol–water partition coefficient (Wildman–Crippen LogP) is -1.60. The first kappa shape index (κ1) is 29.6. The number of aryl methyl sites for hydroxylation is 1. The molecule has 0 spiro atoms. The van der Waals surface area contributed by atoms with Crippen molar-refractivity contribution < 1.29 is 60.2 Å². The van der Waals surface area contributed by atoms with Gasteiger partial charge in [-0.1, -0.05) is 18.2 Å². The molecule has 9 N–H and O–H groups in total. The number of phenols is 1. The van der Waals surface area contributed by atoms with Gasteiger partial charge in [-0.25, -0.2) is 0 Å². The van der Waals surface area contributed by atoms with E-state index in [0.717, 1.165) is 11.1 Å². The molecule has 39 heavy (non-hydrogen) atoms. The fourth-order valence-corrected chi connectivity index (χ4v) is 4.89. The Kier molecular flexibility index (Phi) is 9.13. The van der Waals surface area contributed by atoms with Gasteiger partial charge in [0.15, 0.2) is 5.60 Å². The Labute approximate surface area is 224 Å². The summed E-state index contributed by atoms with van der Waals surface area (Å²) in [5, 5.41) is 90.3. The molecule has 10 atom stereocenters. The van der Waals surface area contributed by atoms with Gasteiger partial charge in [0.2, 0.25) is 6.29 Å². The van der Waals surface area contributed by atoms with Crippen LogP contribution in [0, 0.1) is 0 Å². The van der Waals surface area contributed by atoms with Gasteiger partial charge in [-0.2, -0.15) is 0 Å².